The van der Waals surface area contributed by atoms with Crippen molar-refractivity contribution in [3.63, 3.8) is 0 Å². The van der Waals surface area contributed by atoms with Gasteiger partial charge in [0.1, 0.15) is 0 Å². The first-order valence-electron chi connectivity index (χ1n) is 5.19. The predicted molar refractivity (Wildman–Crippen MR) is 61.5 cm³/mol. The molecule has 0 amide bonds. The summed E-state index contributed by atoms with van der Waals surface area (Å²) in [5.74, 6) is -0.325. The Balaban J connectivity index is 2.66. The average molecular weight is 218 g/mol. The van der Waals surface area contributed by atoms with Crippen molar-refractivity contribution < 1.29 is 9.53 Å². The van der Waals surface area contributed by atoms with Crippen molar-refractivity contribution in [1.82, 2.24) is 9.78 Å². The van der Waals surface area contributed by atoms with E-state index in [1.807, 2.05) is 16.8 Å². The van der Waals surface area contributed by atoms with Crippen LogP contribution in [0.1, 0.15) is 30.2 Å². The van der Waals surface area contributed by atoms with E-state index in [0.29, 0.717) is 5.56 Å². The average Bonchev–Trinajstić information content (AvgIpc) is 2.71. The van der Waals surface area contributed by atoms with Gasteiger partial charge in [-0.1, -0.05) is 6.07 Å². The minimum Gasteiger partial charge on any atom is -0.465 e. The Kier molecular flexibility index (Phi) is 2.64. The van der Waals surface area contributed by atoms with Crippen LogP contribution in [-0.2, 0) is 4.74 Å². The van der Waals surface area contributed by atoms with Crippen molar-refractivity contribution in [2.75, 3.05) is 7.11 Å². The zero-order valence-electron chi connectivity index (χ0n) is 9.60. The quantitative estimate of drug-likeness (QED) is 0.727. The van der Waals surface area contributed by atoms with Crippen LogP contribution in [0.2, 0.25) is 0 Å². The van der Waals surface area contributed by atoms with Crippen molar-refractivity contribution >= 4 is 16.9 Å². The molecule has 0 saturated carbocycles. The summed E-state index contributed by atoms with van der Waals surface area (Å²) >= 11 is 0. The minimum absolute atomic E-state index is 0.269. The minimum atomic E-state index is -0.325. The number of hydrogen-bond acceptors (Lipinski definition) is 3. The van der Waals surface area contributed by atoms with Crippen molar-refractivity contribution in [3.05, 3.63) is 30.0 Å². The van der Waals surface area contributed by atoms with Crippen LogP contribution in [-0.4, -0.2) is 22.9 Å². The fourth-order valence-corrected chi connectivity index (χ4v) is 1.77. The highest BCUT2D eigenvalue weighted by Crippen LogP contribution is 2.21. The van der Waals surface area contributed by atoms with E-state index in [9.17, 15) is 4.79 Å². The van der Waals surface area contributed by atoms with Gasteiger partial charge in [-0.2, -0.15) is 5.10 Å². The molecule has 0 aliphatic rings. The molecular formula is C12H14N2O2. The van der Waals surface area contributed by atoms with E-state index < -0.39 is 0 Å². The largest absolute Gasteiger partial charge is 0.465 e. The first-order chi connectivity index (χ1) is 7.65. The molecule has 16 heavy (non-hydrogen) atoms. The Morgan fingerprint density at radius 2 is 2.19 bits per heavy atom. The molecule has 0 saturated heterocycles. The zero-order valence-corrected chi connectivity index (χ0v) is 9.60. The first kappa shape index (κ1) is 10.7. The Morgan fingerprint density at radius 1 is 1.44 bits per heavy atom. The maximum Gasteiger partial charge on any atom is 0.338 e. The van der Waals surface area contributed by atoms with Crippen LogP contribution in [0.5, 0.6) is 0 Å². The summed E-state index contributed by atoms with van der Waals surface area (Å²) in [5.41, 5.74) is 1.52. The zero-order chi connectivity index (χ0) is 11.7. The lowest BCUT2D eigenvalue weighted by Gasteiger charge is -2.07. The molecule has 4 heteroatoms. The molecule has 0 aliphatic heterocycles. The molecule has 0 fully saturated rings. The third kappa shape index (κ3) is 1.56. The van der Waals surface area contributed by atoms with Gasteiger partial charge in [0.05, 0.1) is 24.4 Å². The van der Waals surface area contributed by atoms with E-state index in [-0.39, 0.29) is 12.0 Å². The van der Waals surface area contributed by atoms with E-state index in [4.69, 9.17) is 4.74 Å². The molecule has 84 valence electrons. The van der Waals surface area contributed by atoms with Gasteiger partial charge in [0.15, 0.2) is 0 Å². The van der Waals surface area contributed by atoms with Crippen LogP contribution in [0.15, 0.2) is 24.4 Å². The third-order valence-corrected chi connectivity index (χ3v) is 2.54. The van der Waals surface area contributed by atoms with E-state index in [2.05, 4.69) is 18.9 Å². The highest BCUT2D eigenvalue weighted by atomic mass is 16.5. The summed E-state index contributed by atoms with van der Waals surface area (Å²) in [4.78, 5) is 11.5. The molecule has 0 radical (unpaired) electrons. The van der Waals surface area contributed by atoms with E-state index >= 15 is 0 Å². The lowest BCUT2D eigenvalue weighted by molar-refractivity contribution is 0.0603. The number of carbonyl (C=O) groups is 1. The maximum atomic E-state index is 11.5. The Labute approximate surface area is 93.8 Å². The van der Waals surface area contributed by atoms with Gasteiger partial charge in [-0.3, -0.25) is 4.68 Å². The lowest BCUT2D eigenvalue weighted by Crippen LogP contribution is -2.03. The number of hydrogen-bond donors (Lipinski definition) is 0. The summed E-state index contributed by atoms with van der Waals surface area (Å²) in [6.07, 6.45) is 1.71. The molecule has 4 nitrogen and oxygen atoms in total. The SMILES string of the molecule is COC(=O)c1cccc2c1cnn2C(C)C. The van der Waals surface area contributed by atoms with Crippen LogP contribution in [0.3, 0.4) is 0 Å². The van der Waals surface area contributed by atoms with Crippen molar-refractivity contribution in [1.29, 1.82) is 0 Å². The van der Waals surface area contributed by atoms with Crippen LogP contribution in [0, 0.1) is 0 Å². The summed E-state index contributed by atoms with van der Waals surface area (Å²) in [5, 5.41) is 5.12. The molecule has 1 heterocycles. The van der Waals surface area contributed by atoms with Gasteiger partial charge in [0.25, 0.3) is 0 Å². The molecule has 2 aromatic rings. The Morgan fingerprint density at radius 3 is 2.81 bits per heavy atom. The van der Waals surface area contributed by atoms with Crippen LogP contribution >= 0.6 is 0 Å². The lowest BCUT2D eigenvalue weighted by atomic mass is 10.1. The maximum absolute atomic E-state index is 11.5. The molecule has 0 spiro atoms. The van der Waals surface area contributed by atoms with Gasteiger partial charge < -0.3 is 4.74 Å². The van der Waals surface area contributed by atoms with Gasteiger partial charge in [0, 0.05) is 11.4 Å². The Bertz CT molecular complexity index is 529. The molecule has 0 atom stereocenters. The fraction of sp³-hybridized carbons (Fsp3) is 0.333. The number of benzene rings is 1. The predicted octanol–water partition coefficient (Wildman–Crippen LogP) is 2.40. The monoisotopic (exact) mass is 218 g/mol. The van der Waals surface area contributed by atoms with Gasteiger partial charge in [-0.05, 0) is 26.0 Å². The summed E-state index contributed by atoms with van der Waals surface area (Å²) in [7, 11) is 1.38. The first-order valence-corrected chi connectivity index (χ1v) is 5.19. The van der Waals surface area contributed by atoms with Gasteiger partial charge in [-0.25, -0.2) is 4.79 Å². The van der Waals surface area contributed by atoms with Crippen molar-refractivity contribution in [3.8, 4) is 0 Å². The fourth-order valence-electron chi connectivity index (χ4n) is 1.77. The van der Waals surface area contributed by atoms with Crippen molar-refractivity contribution in [2.24, 2.45) is 0 Å². The van der Waals surface area contributed by atoms with Crippen LogP contribution < -0.4 is 0 Å². The normalized spacial score (nSPS) is 11.0. The Hall–Kier alpha value is -1.84. The summed E-state index contributed by atoms with van der Waals surface area (Å²) in [6.45, 7) is 4.11. The molecular weight excluding hydrogens is 204 g/mol. The standard InChI is InChI=1S/C12H14N2O2/c1-8(2)14-11-6-4-5-9(12(15)16-3)10(11)7-13-14/h4-8H,1-3H3. The highest BCUT2D eigenvalue weighted by molar-refractivity contribution is 6.03. The number of ether oxygens (including phenoxy) is 1. The second-order valence-electron chi connectivity index (χ2n) is 3.91. The third-order valence-electron chi connectivity index (χ3n) is 2.54. The summed E-state index contributed by atoms with van der Waals surface area (Å²) in [6, 6.07) is 5.81. The van der Waals surface area contributed by atoms with Crippen LogP contribution in [0.4, 0.5) is 0 Å². The van der Waals surface area contributed by atoms with E-state index in [1.165, 1.54) is 7.11 Å². The number of fused-ring (bicyclic) bond motifs is 1. The smallest absolute Gasteiger partial charge is 0.338 e. The number of rotatable bonds is 2. The summed E-state index contributed by atoms with van der Waals surface area (Å²) < 4.78 is 6.63. The molecule has 0 aliphatic carbocycles. The molecule has 0 N–H and O–H groups in total. The number of nitrogens with zero attached hydrogens (tertiary/aromatic N) is 2. The topological polar surface area (TPSA) is 44.1 Å². The number of esters is 1. The molecule has 1 aromatic heterocycles. The second kappa shape index (κ2) is 3.96. The molecule has 2 rings (SSSR count). The van der Waals surface area contributed by atoms with E-state index in [0.717, 1.165) is 10.9 Å². The molecule has 0 bridgehead atoms. The van der Waals surface area contributed by atoms with Crippen LogP contribution in [0.25, 0.3) is 10.9 Å². The van der Waals surface area contributed by atoms with Crippen molar-refractivity contribution in [2.45, 2.75) is 19.9 Å². The van der Waals surface area contributed by atoms with E-state index in [1.54, 1.807) is 12.3 Å². The number of methoxy groups -OCH3 is 1. The van der Waals surface area contributed by atoms with Gasteiger partial charge in [0.2, 0.25) is 0 Å². The highest BCUT2D eigenvalue weighted by Gasteiger charge is 2.13. The number of aromatic nitrogens is 2. The molecule has 0 unspecified atom stereocenters. The van der Waals surface area contributed by atoms with Gasteiger partial charge >= 0.3 is 5.97 Å². The molecule has 1 aromatic carbocycles. The second-order valence-corrected chi connectivity index (χ2v) is 3.91. The number of carbonyl (C=O) groups excluding carboxylic acids is 1. The van der Waals surface area contributed by atoms with Gasteiger partial charge in [-0.15, -0.1) is 0 Å².